The van der Waals surface area contributed by atoms with Gasteiger partial charge in [0.05, 0.1) is 17.1 Å². The molecule has 0 spiro atoms. The molecule has 2 aliphatic rings. The van der Waals surface area contributed by atoms with Crippen LogP contribution in [0.4, 0.5) is 4.79 Å². The summed E-state index contributed by atoms with van der Waals surface area (Å²) >= 11 is 0. The third-order valence-corrected chi connectivity index (χ3v) is 9.73. The van der Waals surface area contributed by atoms with E-state index in [0.717, 1.165) is 85.2 Å². The molecule has 2 N–H and O–H groups in total. The number of alkyl carbamates (subject to hydrolysis) is 1. The predicted molar refractivity (Wildman–Crippen MR) is 189 cm³/mol. The van der Waals surface area contributed by atoms with Crippen LogP contribution in [-0.2, 0) is 27.3 Å². The fraction of sp³-hybridized carbons (Fsp3) is 0.462. The standard InChI is InChI=1S/C39H48N6O4/c1-26-21-31(12-13-32(26)23-40-38(48)49-39(2,3)4)36-34-22-27(24-45(34)42-25-41-36)7-5-6-18-44-19-16-29(17-20-44)28-8-10-30(11-9-28)33-14-15-35(46)43-37(33)47/h8-13,21-22,24-25,29,33H,5-7,14-20,23H2,1-4H3,(H,40,48)(H,43,46,47)/t33-/m0/s1. The first-order chi connectivity index (χ1) is 23.5. The van der Waals surface area contributed by atoms with Gasteiger partial charge in [-0.05, 0) is 132 Å². The lowest BCUT2D eigenvalue weighted by Crippen LogP contribution is -2.39. The molecule has 2 aliphatic heterocycles. The predicted octanol–water partition coefficient (Wildman–Crippen LogP) is 6.45. The Labute approximate surface area is 288 Å². The maximum Gasteiger partial charge on any atom is 0.407 e. The van der Waals surface area contributed by atoms with Crippen LogP contribution in [0.5, 0.6) is 0 Å². The van der Waals surface area contributed by atoms with Crippen molar-refractivity contribution < 1.29 is 19.1 Å². The summed E-state index contributed by atoms with van der Waals surface area (Å²) in [6, 6.07) is 16.9. The van der Waals surface area contributed by atoms with E-state index in [1.54, 1.807) is 6.33 Å². The summed E-state index contributed by atoms with van der Waals surface area (Å²) in [6.45, 7) is 11.3. The number of carbonyl (C=O) groups is 3. The summed E-state index contributed by atoms with van der Waals surface area (Å²) in [7, 11) is 0. The van der Waals surface area contributed by atoms with Crippen molar-refractivity contribution in [2.75, 3.05) is 19.6 Å². The van der Waals surface area contributed by atoms with Gasteiger partial charge in [-0.25, -0.2) is 14.3 Å². The van der Waals surface area contributed by atoms with Gasteiger partial charge in [0, 0.05) is 24.7 Å². The summed E-state index contributed by atoms with van der Waals surface area (Å²) in [4.78, 5) is 43.1. The Balaban J connectivity index is 0.964. The Kier molecular flexibility index (Phi) is 10.4. The van der Waals surface area contributed by atoms with Crippen LogP contribution in [0, 0.1) is 6.92 Å². The molecule has 2 aromatic heterocycles. The number of imide groups is 1. The highest BCUT2D eigenvalue weighted by Crippen LogP contribution is 2.31. The van der Waals surface area contributed by atoms with Gasteiger partial charge in [-0.3, -0.25) is 14.9 Å². The molecule has 10 nitrogen and oxygen atoms in total. The van der Waals surface area contributed by atoms with Crippen LogP contribution >= 0.6 is 0 Å². The molecule has 2 aromatic carbocycles. The van der Waals surface area contributed by atoms with Crippen LogP contribution in [0.15, 0.2) is 61.1 Å². The molecular formula is C39H48N6O4. The van der Waals surface area contributed by atoms with Gasteiger partial charge in [-0.1, -0.05) is 36.4 Å². The highest BCUT2D eigenvalue weighted by Gasteiger charge is 2.28. The Bertz CT molecular complexity index is 1800. The zero-order valence-corrected chi connectivity index (χ0v) is 29.1. The largest absolute Gasteiger partial charge is 0.444 e. The van der Waals surface area contributed by atoms with Crippen LogP contribution < -0.4 is 10.6 Å². The van der Waals surface area contributed by atoms with Crippen LogP contribution in [0.2, 0.25) is 0 Å². The summed E-state index contributed by atoms with van der Waals surface area (Å²) < 4.78 is 7.29. The minimum absolute atomic E-state index is 0.172. The van der Waals surface area contributed by atoms with E-state index < -0.39 is 11.7 Å². The zero-order chi connectivity index (χ0) is 34.5. The molecule has 0 unspecified atom stereocenters. The molecule has 2 saturated heterocycles. The van der Waals surface area contributed by atoms with E-state index in [1.165, 1.54) is 11.1 Å². The fourth-order valence-corrected chi connectivity index (χ4v) is 7.03. The van der Waals surface area contributed by atoms with Crippen molar-refractivity contribution in [3.8, 4) is 11.3 Å². The summed E-state index contributed by atoms with van der Waals surface area (Å²) in [5, 5.41) is 9.79. The molecule has 1 atom stereocenters. The number of hydrogen-bond acceptors (Lipinski definition) is 7. The Morgan fingerprint density at radius 3 is 2.47 bits per heavy atom. The molecule has 6 rings (SSSR count). The third-order valence-electron chi connectivity index (χ3n) is 9.73. The highest BCUT2D eigenvalue weighted by atomic mass is 16.6. The molecule has 0 radical (unpaired) electrons. The minimum Gasteiger partial charge on any atom is -0.444 e. The molecule has 0 bridgehead atoms. The Morgan fingerprint density at radius 2 is 1.76 bits per heavy atom. The average molecular weight is 665 g/mol. The number of aromatic nitrogens is 3. The van der Waals surface area contributed by atoms with Crippen molar-refractivity contribution in [1.29, 1.82) is 0 Å². The first kappa shape index (κ1) is 34.3. The van der Waals surface area contributed by atoms with Crippen molar-refractivity contribution in [2.24, 2.45) is 0 Å². The van der Waals surface area contributed by atoms with Crippen LogP contribution in [0.25, 0.3) is 16.8 Å². The number of likely N-dealkylation sites (tertiary alicyclic amines) is 1. The number of fused-ring (bicyclic) bond motifs is 1. The molecule has 10 heteroatoms. The van der Waals surface area contributed by atoms with Gasteiger partial charge in [-0.15, -0.1) is 0 Å². The van der Waals surface area contributed by atoms with E-state index in [4.69, 9.17) is 4.74 Å². The summed E-state index contributed by atoms with van der Waals surface area (Å²) in [6.07, 6.45) is 9.83. The van der Waals surface area contributed by atoms with Gasteiger partial charge in [0.25, 0.3) is 0 Å². The van der Waals surface area contributed by atoms with Crippen molar-refractivity contribution in [3.05, 3.63) is 88.9 Å². The van der Waals surface area contributed by atoms with Gasteiger partial charge < -0.3 is 15.0 Å². The van der Waals surface area contributed by atoms with Gasteiger partial charge in [0.1, 0.15) is 11.9 Å². The second-order valence-electron chi connectivity index (χ2n) is 14.5. The number of benzene rings is 2. The Morgan fingerprint density at radius 1 is 1.00 bits per heavy atom. The summed E-state index contributed by atoms with van der Waals surface area (Å²) in [5.41, 5.74) is 8.08. The summed E-state index contributed by atoms with van der Waals surface area (Å²) in [5.74, 6) is -0.0246. The lowest BCUT2D eigenvalue weighted by molar-refractivity contribution is -0.134. The molecule has 258 valence electrons. The van der Waals surface area contributed by atoms with Gasteiger partial charge in [0.15, 0.2) is 0 Å². The van der Waals surface area contributed by atoms with E-state index in [-0.39, 0.29) is 17.7 Å². The van der Waals surface area contributed by atoms with Crippen molar-refractivity contribution in [2.45, 2.75) is 96.6 Å². The van der Waals surface area contributed by atoms with E-state index in [0.29, 0.717) is 25.3 Å². The molecule has 4 aromatic rings. The molecule has 49 heavy (non-hydrogen) atoms. The van der Waals surface area contributed by atoms with E-state index in [2.05, 4.69) is 68.2 Å². The van der Waals surface area contributed by atoms with Gasteiger partial charge in [-0.2, -0.15) is 5.10 Å². The SMILES string of the molecule is Cc1cc(-c2ncnn3cc(CCCCN4CCC(c5ccc([C@@H]6CCC(=O)NC6=O)cc5)CC4)cc23)ccc1CNC(=O)OC(C)(C)C. The van der Waals surface area contributed by atoms with E-state index >= 15 is 0 Å². The quantitative estimate of drug-likeness (QED) is 0.148. The number of nitrogens with zero attached hydrogens (tertiary/aromatic N) is 4. The zero-order valence-electron chi connectivity index (χ0n) is 29.1. The smallest absolute Gasteiger partial charge is 0.407 e. The first-order valence-corrected chi connectivity index (χ1v) is 17.6. The van der Waals surface area contributed by atoms with Gasteiger partial charge in [0.2, 0.25) is 11.8 Å². The van der Waals surface area contributed by atoms with Crippen molar-refractivity contribution in [1.82, 2.24) is 30.1 Å². The second kappa shape index (κ2) is 14.9. The highest BCUT2D eigenvalue weighted by molar-refractivity contribution is 6.00. The molecular weight excluding hydrogens is 616 g/mol. The normalized spacial score (nSPS) is 17.7. The van der Waals surface area contributed by atoms with Crippen LogP contribution in [0.3, 0.4) is 0 Å². The van der Waals surface area contributed by atoms with E-state index in [9.17, 15) is 14.4 Å². The lowest BCUT2D eigenvalue weighted by Gasteiger charge is -2.32. The average Bonchev–Trinajstić information content (AvgIpc) is 3.49. The van der Waals surface area contributed by atoms with Crippen LogP contribution in [0.1, 0.15) is 98.9 Å². The fourth-order valence-electron chi connectivity index (χ4n) is 7.03. The monoisotopic (exact) mass is 664 g/mol. The topological polar surface area (TPSA) is 118 Å². The third kappa shape index (κ3) is 8.73. The van der Waals surface area contributed by atoms with Crippen molar-refractivity contribution >= 4 is 23.4 Å². The molecule has 0 saturated carbocycles. The maximum absolute atomic E-state index is 12.2. The first-order valence-electron chi connectivity index (χ1n) is 17.6. The van der Waals surface area contributed by atoms with Crippen molar-refractivity contribution in [3.63, 3.8) is 0 Å². The molecule has 2 fully saturated rings. The molecule has 4 heterocycles. The lowest BCUT2D eigenvalue weighted by atomic mass is 9.86. The van der Waals surface area contributed by atoms with E-state index in [1.807, 2.05) is 44.3 Å². The maximum atomic E-state index is 12.2. The second-order valence-corrected chi connectivity index (χ2v) is 14.5. The van der Waals surface area contributed by atoms with Gasteiger partial charge >= 0.3 is 6.09 Å². The number of nitrogens with one attached hydrogen (secondary N) is 2. The number of hydrogen-bond donors (Lipinski definition) is 2. The number of piperidine rings is 2. The minimum atomic E-state index is -0.533. The number of amides is 3. The number of aryl methyl sites for hydroxylation is 2. The molecule has 3 amide bonds. The number of ether oxygens (including phenoxy) is 1. The molecule has 0 aliphatic carbocycles. The number of unbranched alkanes of at least 4 members (excludes halogenated alkanes) is 1. The van der Waals surface area contributed by atoms with Crippen LogP contribution in [-0.4, -0.2) is 62.6 Å². The number of rotatable bonds is 10. The number of carbonyl (C=O) groups excluding carboxylic acids is 3. The Hall–Kier alpha value is -4.57.